The topological polar surface area (TPSA) is 44.4 Å². The second-order valence-corrected chi connectivity index (χ2v) is 6.05. The molecule has 0 spiro atoms. The molecule has 2 unspecified atom stereocenters. The fourth-order valence-electron chi connectivity index (χ4n) is 3.42. The summed E-state index contributed by atoms with van der Waals surface area (Å²) in [6, 6.07) is 0.967. The van der Waals surface area contributed by atoms with Gasteiger partial charge in [0.25, 0.3) is 0 Å². The van der Waals surface area contributed by atoms with E-state index in [0.717, 1.165) is 38.9 Å². The van der Waals surface area contributed by atoms with Crippen LogP contribution in [-0.2, 0) is 4.79 Å². The Bertz CT molecular complexity index is 283. The summed E-state index contributed by atoms with van der Waals surface area (Å²) in [5.41, 5.74) is 0. The van der Waals surface area contributed by atoms with Crippen LogP contribution >= 0.6 is 0 Å². The molecule has 2 aliphatic rings. The summed E-state index contributed by atoms with van der Waals surface area (Å²) in [4.78, 5) is 14.8. The van der Waals surface area contributed by atoms with Gasteiger partial charge in [0, 0.05) is 18.6 Å². The molecule has 1 aliphatic heterocycles. The van der Waals surface area contributed by atoms with Crippen LogP contribution in [0.1, 0.15) is 52.4 Å². The highest BCUT2D eigenvalue weighted by molar-refractivity contribution is 5.81. The molecule has 1 saturated heterocycles. The lowest BCUT2D eigenvalue weighted by Crippen LogP contribution is -2.52. The highest BCUT2D eigenvalue weighted by atomic mass is 16.2. The van der Waals surface area contributed by atoms with Crippen LogP contribution in [0.15, 0.2) is 0 Å². The minimum atomic E-state index is 0.00505. The molecule has 4 nitrogen and oxygen atoms in total. The maximum absolute atomic E-state index is 12.4. The first kappa shape index (κ1) is 14.8. The van der Waals surface area contributed by atoms with Gasteiger partial charge in [-0.3, -0.25) is 9.69 Å². The van der Waals surface area contributed by atoms with E-state index in [1.165, 1.54) is 19.3 Å². The summed E-state index contributed by atoms with van der Waals surface area (Å²) < 4.78 is 0. The van der Waals surface area contributed by atoms with Crippen molar-refractivity contribution in [1.82, 2.24) is 15.5 Å². The zero-order valence-corrected chi connectivity index (χ0v) is 12.5. The molecule has 110 valence electrons. The van der Waals surface area contributed by atoms with Gasteiger partial charge in [0.15, 0.2) is 0 Å². The number of hydrogen-bond acceptors (Lipinski definition) is 3. The van der Waals surface area contributed by atoms with Crippen molar-refractivity contribution < 1.29 is 4.79 Å². The lowest BCUT2D eigenvalue weighted by molar-refractivity contribution is -0.127. The number of hydrogen-bond donors (Lipinski definition) is 2. The van der Waals surface area contributed by atoms with Gasteiger partial charge >= 0.3 is 0 Å². The van der Waals surface area contributed by atoms with Crippen molar-refractivity contribution >= 4 is 5.91 Å². The van der Waals surface area contributed by atoms with E-state index in [9.17, 15) is 4.79 Å². The minimum absolute atomic E-state index is 0.00505. The highest BCUT2D eigenvalue weighted by Gasteiger charge is 2.30. The van der Waals surface area contributed by atoms with Crippen LogP contribution in [0.3, 0.4) is 0 Å². The molecule has 0 bridgehead atoms. The summed E-state index contributed by atoms with van der Waals surface area (Å²) in [6.07, 6.45) is 7.14. The zero-order valence-electron chi connectivity index (χ0n) is 12.5. The highest BCUT2D eigenvalue weighted by Crippen LogP contribution is 2.19. The number of amides is 1. The first-order valence-electron chi connectivity index (χ1n) is 7.99. The van der Waals surface area contributed by atoms with Crippen LogP contribution in [0, 0.1) is 0 Å². The maximum Gasteiger partial charge on any atom is 0.237 e. The molecule has 2 rings (SSSR count). The average molecular weight is 267 g/mol. The second kappa shape index (κ2) is 7.25. The number of nitrogens with zero attached hydrogens (tertiary/aromatic N) is 1. The largest absolute Gasteiger partial charge is 0.352 e. The predicted octanol–water partition coefficient (Wildman–Crippen LogP) is 1.51. The molecule has 19 heavy (non-hydrogen) atoms. The molecule has 2 fully saturated rings. The lowest BCUT2D eigenvalue weighted by Gasteiger charge is -2.33. The second-order valence-electron chi connectivity index (χ2n) is 6.05. The van der Waals surface area contributed by atoms with Crippen LogP contribution in [0.5, 0.6) is 0 Å². The molecule has 4 heteroatoms. The van der Waals surface area contributed by atoms with E-state index >= 15 is 0 Å². The van der Waals surface area contributed by atoms with E-state index < -0.39 is 0 Å². The van der Waals surface area contributed by atoms with E-state index in [1.807, 2.05) is 0 Å². The Hall–Kier alpha value is -0.610. The molecule has 2 atom stereocenters. The molecule has 0 aromatic heterocycles. The smallest absolute Gasteiger partial charge is 0.237 e. The molecule has 0 aromatic carbocycles. The fourth-order valence-corrected chi connectivity index (χ4v) is 3.42. The third kappa shape index (κ3) is 3.93. The fraction of sp³-hybridized carbons (Fsp3) is 0.933. The van der Waals surface area contributed by atoms with Gasteiger partial charge in [0.1, 0.15) is 0 Å². The average Bonchev–Trinajstić information content (AvgIpc) is 3.07. The van der Waals surface area contributed by atoms with Crippen LogP contribution in [-0.4, -0.2) is 48.6 Å². The molecular weight excluding hydrogens is 238 g/mol. The summed E-state index contributed by atoms with van der Waals surface area (Å²) in [5, 5.41) is 6.64. The van der Waals surface area contributed by atoms with Gasteiger partial charge in [0.05, 0.1) is 6.04 Å². The van der Waals surface area contributed by atoms with Crippen molar-refractivity contribution in [3.05, 3.63) is 0 Å². The molecule has 2 N–H and O–H groups in total. The van der Waals surface area contributed by atoms with Crippen molar-refractivity contribution in [2.75, 3.05) is 19.6 Å². The maximum atomic E-state index is 12.4. The van der Waals surface area contributed by atoms with E-state index in [-0.39, 0.29) is 11.9 Å². The molecule has 1 amide bonds. The van der Waals surface area contributed by atoms with Crippen LogP contribution < -0.4 is 10.6 Å². The molecule has 0 radical (unpaired) electrons. The molecule has 1 saturated carbocycles. The summed E-state index contributed by atoms with van der Waals surface area (Å²) in [6.45, 7) is 7.39. The molecule has 1 heterocycles. The van der Waals surface area contributed by atoms with Gasteiger partial charge in [-0.2, -0.15) is 0 Å². The van der Waals surface area contributed by atoms with Crippen molar-refractivity contribution in [2.24, 2.45) is 0 Å². The van der Waals surface area contributed by atoms with Crippen molar-refractivity contribution in [1.29, 1.82) is 0 Å². The van der Waals surface area contributed by atoms with Crippen molar-refractivity contribution in [3.63, 3.8) is 0 Å². The van der Waals surface area contributed by atoms with E-state index in [4.69, 9.17) is 0 Å². The SMILES string of the molecule is CCCN(C1CCNC1)C(C)C(=O)NC1CCCC1. The quantitative estimate of drug-likeness (QED) is 0.767. The number of rotatable bonds is 6. The summed E-state index contributed by atoms with van der Waals surface area (Å²) >= 11 is 0. The first-order chi connectivity index (χ1) is 9.22. The Morgan fingerprint density at radius 1 is 1.37 bits per heavy atom. The Morgan fingerprint density at radius 3 is 2.68 bits per heavy atom. The molecule has 0 aromatic rings. The summed E-state index contributed by atoms with van der Waals surface area (Å²) in [7, 11) is 0. The Kier molecular flexibility index (Phi) is 5.64. The zero-order chi connectivity index (χ0) is 13.7. The first-order valence-corrected chi connectivity index (χ1v) is 7.99. The standard InChI is InChI=1S/C15H29N3O/c1-3-10-18(14-8-9-16-11-14)12(2)15(19)17-13-6-4-5-7-13/h12-14,16H,3-11H2,1-2H3,(H,17,19). The van der Waals surface area contributed by atoms with E-state index in [0.29, 0.717) is 12.1 Å². The monoisotopic (exact) mass is 267 g/mol. The normalized spacial score (nSPS) is 25.9. The van der Waals surface area contributed by atoms with Gasteiger partial charge in [-0.25, -0.2) is 0 Å². The van der Waals surface area contributed by atoms with Crippen LogP contribution in [0.2, 0.25) is 0 Å². The van der Waals surface area contributed by atoms with Gasteiger partial charge in [0.2, 0.25) is 5.91 Å². The number of nitrogens with one attached hydrogen (secondary N) is 2. The number of carbonyl (C=O) groups is 1. The van der Waals surface area contributed by atoms with Crippen LogP contribution in [0.25, 0.3) is 0 Å². The van der Waals surface area contributed by atoms with Crippen molar-refractivity contribution in [2.45, 2.75) is 70.5 Å². The Balaban J connectivity index is 1.89. The Morgan fingerprint density at radius 2 is 2.11 bits per heavy atom. The third-order valence-electron chi connectivity index (χ3n) is 4.56. The predicted molar refractivity (Wildman–Crippen MR) is 78.1 cm³/mol. The number of carbonyl (C=O) groups excluding carboxylic acids is 1. The van der Waals surface area contributed by atoms with Crippen LogP contribution in [0.4, 0.5) is 0 Å². The van der Waals surface area contributed by atoms with Gasteiger partial charge < -0.3 is 10.6 Å². The van der Waals surface area contributed by atoms with Gasteiger partial charge in [-0.1, -0.05) is 19.8 Å². The molecule has 1 aliphatic carbocycles. The third-order valence-corrected chi connectivity index (χ3v) is 4.56. The van der Waals surface area contributed by atoms with E-state index in [1.54, 1.807) is 0 Å². The minimum Gasteiger partial charge on any atom is -0.352 e. The lowest BCUT2D eigenvalue weighted by atomic mass is 10.1. The summed E-state index contributed by atoms with van der Waals surface area (Å²) in [5.74, 6) is 0.229. The van der Waals surface area contributed by atoms with E-state index in [2.05, 4.69) is 29.4 Å². The van der Waals surface area contributed by atoms with Crippen molar-refractivity contribution in [3.8, 4) is 0 Å². The molecular formula is C15H29N3O. The Labute approximate surface area is 117 Å². The van der Waals surface area contributed by atoms with Gasteiger partial charge in [-0.05, 0) is 45.7 Å². The van der Waals surface area contributed by atoms with Gasteiger partial charge in [-0.15, -0.1) is 0 Å².